The minimum Gasteiger partial charge on any atom is -0.268 e. The summed E-state index contributed by atoms with van der Waals surface area (Å²) in [6.45, 7) is 0.0341. The van der Waals surface area contributed by atoms with E-state index in [-0.39, 0.29) is 23.4 Å². The van der Waals surface area contributed by atoms with Crippen molar-refractivity contribution in [3.8, 4) is 12.3 Å². The summed E-state index contributed by atoms with van der Waals surface area (Å²) in [4.78, 5) is 11.9. The van der Waals surface area contributed by atoms with Crippen molar-refractivity contribution < 1.29 is 13.2 Å². The van der Waals surface area contributed by atoms with Crippen LogP contribution in [0, 0.1) is 12.3 Å². The molecule has 1 amide bonds. The lowest BCUT2D eigenvalue weighted by Crippen LogP contribution is -2.30. The van der Waals surface area contributed by atoms with Gasteiger partial charge in [-0.3, -0.25) is 4.79 Å². The van der Waals surface area contributed by atoms with Crippen LogP contribution in [0.5, 0.6) is 0 Å². The standard InChI is InChI=1S/C11H9NO3S/c1-2-3-8-12-11(13)9-6-4-5-7-10(9)16(12,14)15/h1,4-7H,3,8H2. The largest absolute Gasteiger partial charge is 0.269 e. The van der Waals surface area contributed by atoms with Crippen molar-refractivity contribution >= 4 is 15.9 Å². The van der Waals surface area contributed by atoms with Crippen LogP contribution in [0.1, 0.15) is 16.8 Å². The number of rotatable bonds is 2. The molecule has 82 valence electrons. The van der Waals surface area contributed by atoms with E-state index in [1.807, 2.05) is 0 Å². The van der Waals surface area contributed by atoms with E-state index in [4.69, 9.17) is 6.42 Å². The van der Waals surface area contributed by atoms with Crippen molar-refractivity contribution in [1.29, 1.82) is 0 Å². The molecule has 0 radical (unpaired) electrons. The maximum absolute atomic E-state index is 11.9. The number of benzene rings is 1. The van der Waals surface area contributed by atoms with Gasteiger partial charge in [0.1, 0.15) is 4.90 Å². The van der Waals surface area contributed by atoms with Crippen molar-refractivity contribution in [2.24, 2.45) is 0 Å². The number of amides is 1. The Hall–Kier alpha value is -1.80. The Morgan fingerprint density at radius 3 is 2.62 bits per heavy atom. The number of nitrogens with zero attached hydrogens (tertiary/aromatic N) is 1. The van der Waals surface area contributed by atoms with Gasteiger partial charge in [0.2, 0.25) is 0 Å². The summed E-state index contributed by atoms with van der Waals surface area (Å²) in [5.41, 5.74) is 0.222. The maximum atomic E-state index is 11.9. The van der Waals surface area contributed by atoms with Gasteiger partial charge in [0, 0.05) is 13.0 Å². The first-order valence-electron chi connectivity index (χ1n) is 4.68. The van der Waals surface area contributed by atoms with Crippen molar-refractivity contribution in [1.82, 2.24) is 4.31 Å². The average molecular weight is 235 g/mol. The third-order valence-corrected chi connectivity index (χ3v) is 4.21. The lowest BCUT2D eigenvalue weighted by molar-refractivity contribution is 0.0873. The zero-order chi connectivity index (χ0) is 11.8. The molecule has 5 heteroatoms. The number of carbonyl (C=O) groups excluding carboxylic acids is 1. The van der Waals surface area contributed by atoms with Gasteiger partial charge in [0.15, 0.2) is 0 Å². The van der Waals surface area contributed by atoms with Crippen LogP contribution in [-0.4, -0.2) is 25.2 Å². The SMILES string of the molecule is C#CCCN1C(=O)c2ccccc2S1(=O)=O. The molecule has 4 nitrogen and oxygen atoms in total. The number of sulfonamides is 1. The molecule has 0 saturated carbocycles. The van der Waals surface area contributed by atoms with E-state index in [0.29, 0.717) is 0 Å². The summed E-state index contributed by atoms with van der Waals surface area (Å²) in [5, 5.41) is 0. The van der Waals surface area contributed by atoms with E-state index in [1.165, 1.54) is 12.1 Å². The van der Waals surface area contributed by atoms with Gasteiger partial charge in [-0.25, -0.2) is 12.7 Å². The maximum Gasteiger partial charge on any atom is 0.269 e. The minimum absolute atomic E-state index is 0.0341. The van der Waals surface area contributed by atoms with Gasteiger partial charge < -0.3 is 0 Å². The van der Waals surface area contributed by atoms with Gasteiger partial charge >= 0.3 is 0 Å². The predicted octanol–water partition coefficient (Wildman–Crippen LogP) is 0.854. The summed E-state index contributed by atoms with van der Waals surface area (Å²) < 4.78 is 24.7. The van der Waals surface area contributed by atoms with E-state index >= 15 is 0 Å². The Morgan fingerprint density at radius 2 is 2.00 bits per heavy atom. The average Bonchev–Trinajstić information content (AvgIpc) is 2.46. The summed E-state index contributed by atoms with van der Waals surface area (Å²) in [7, 11) is -3.68. The second-order valence-electron chi connectivity index (χ2n) is 3.33. The third-order valence-electron chi connectivity index (χ3n) is 2.37. The number of hydrogen-bond acceptors (Lipinski definition) is 3. The molecule has 0 unspecified atom stereocenters. The van der Waals surface area contributed by atoms with Crippen LogP contribution in [0.3, 0.4) is 0 Å². The Morgan fingerprint density at radius 1 is 1.31 bits per heavy atom. The van der Waals surface area contributed by atoms with Crippen LogP contribution >= 0.6 is 0 Å². The lowest BCUT2D eigenvalue weighted by Gasteiger charge is -2.12. The minimum atomic E-state index is -3.68. The highest BCUT2D eigenvalue weighted by Crippen LogP contribution is 2.29. The van der Waals surface area contributed by atoms with Crippen LogP contribution in [-0.2, 0) is 10.0 Å². The fourth-order valence-electron chi connectivity index (χ4n) is 1.62. The van der Waals surface area contributed by atoms with E-state index in [2.05, 4.69) is 5.92 Å². The molecular formula is C11H9NO3S. The van der Waals surface area contributed by atoms with Gasteiger partial charge in [-0.1, -0.05) is 12.1 Å². The Bertz CT molecular complexity index is 583. The molecule has 0 saturated heterocycles. The highest BCUT2D eigenvalue weighted by molar-refractivity contribution is 7.90. The second-order valence-corrected chi connectivity index (χ2v) is 5.16. The number of hydrogen-bond donors (Lipinski definition) is 0. The van der Waals surface area contributed by atoms with Gasteiger partial charge in [-0.2, -0.15) is 0 Å². The van der Waals surface area contributed by atoms with Crippen molar-refractivity contribution in [2.75, 3.05) is 6.54 Å². The smallest absolute Gasteiger partial charge is 0.268 e. The van der Waals surface area contributed by atoms with Gasteiger partial charge in [0.25, 0.3) is 15.9 Å². The molecule has 1 aromatic rings. The molecule has 1 heterocycles. The first kappa shape index (κ1) is 10.7. The van der Waals surface area contributed by atoms with Crippen molar-refractivity contribution in [3.63, 3.8) is 0 Å². The third kappa shape index (κ3) is 1.39. The van der Waals surface area contributed by atoms with Gasteiger partial charge in [-0.05, 0) is 12.1 Å². The fraction of sp³-hybridized carbons (Fsp3) is 0.182. The van der Waals surface area contributed by atoms with Crippen molar-refractivity contribution in [2.45, 2.75) is 11.3 Å². The van der Waals surface area contributed by atoms with E-state index in [1.54, 1.807) is 12.1 Å². The van der Waals surface area contributed by atoms with Gasteiger partial charge in [-0.15, -0.1) is 12.3 Å². The molecule has 1 aromatic carbocycles. The molecule has 0 fully saturated rings. The zero-order valence-electron chi connectivity index (χ0n) is 8.38. The molecule has 0 spiro atoms. The molecule has 0 bridgehead atoms. The van der Waals surface area contributed by atoms with Crippen LogP contribution in [0.25, 0.3) is 0 Å². The molecule has 0 aliphatic carbocycles. The van der Waals surface area contributed by atoms with Crippen LogP contribution < -0.4 is 0 Å². The van der Waals surface area contributed by atoms with Crippen LogP contribution in [0.2, 0.25) is 0 Å². The Labute approximate surface area is 93.9 Å². The van der Waals surface area contributed by atoms with Crippen LogP contribution in [0.4, 0.5) is 0 Å². The van der Waals surface area contributed by atoms with Crippen LogP contribution in [0.15, 0.2) is 29.2 Å². The molecule has 0 atom stereocenters. The molecule has 16 heavy (non-hydrogen) atoms. The molecule has 0 aromatic heterocycles. The highest BCUT2D eigenvalue weighted by Gasteiger charge is 2.40. The highest BCUT2D eigenvalue weighted by atomic mass is 32.2. The molecule has 0 N–H and O–H groups in total. The first-order valence-corrected chi connectivity index (χ1v) is 6.12. The fourth-order valence-corrected chi connectivity index (χ4v) is 3.19. The lowest BCUT2D eigenvalue weighted by atomic mass is 10.2. The summed E-state index contributed by atoms with van der Waals surface area (Å²) >= 11 is 0. The molecule has 1 aliphatic heterocycles. The van der Waals surface area contributed by atoms with Gasteiger partial charge in [0.05, 0.1) is 5.56 Å². The van der Waals surface area contributed by atoms with E-state index < -0.39 is 15.9 Å². The summed E-state index contributed by atoms with van der Waals surface area (Å²) in [5.74, 6) is 1.83. The normalized spacial score (nSPS) is 16.9. The topological polar surface area (TPSA) is 54.5 Å². The monoisotopic (exact) mass is 235 g/mol. The number of carbonyl (C=O) groups is 1. The Balaban J connectivity index is 2.50. The molecule has 2 rings (SSSR count). The molecular weight excluding hydrogens is 226 g/mol. The van der Waals surface area contributed by atoms with Crippen molar-refractivity contribution in [3.05, 3.63) is 29.8 Å². The predicted molar refractivity (Wildman–Crippen MR) is 58.1 cm³/mol. The zero-order valence-corrected chi connectivity index (χ0v) is 9.20. The summed E-state index contributed by atoms with van der Waals surface area (Å²) in [6, 6.07) is 6.16. The Kier molecular flexibility index (Phi) is 2.44. The quantitative estimate of drug-likeness (QED) is 0.714. The second kappa shape index (κ2) is 3.65. The number of terminal acetylenes is 1. The first-order chi connectivity index (χ1) is 7.59. The van der Waals surface area contributed by atoms with E-state index in [9.17, 15) is 13.2 Å². The van der Waals surface area contributed by atoms with E-state index in [0.717, 1.165) is 4.31 Å². The summed E-state index contributed by atoms with van der Waals surface area (Å²) in [6.07, 6.45) is 5.28. The molecule has 1 aliphatic rings. The number of fused-ring (bicyclic) bond motifs is 1.